The summed E-state index contributed by atoms with van der Waals surface area (Å²) in [6.07, 6.45) is 2.93. The van der Waals surface area contributed by atoms with E-state index >= 15 is 0 Å². The van der Waals surface area contributed by atoms with Crippen LogP contribution in [0.15, 0.2) is 29.2 Å². The number of rotatable bonds is 4. The molecule has 1 aromatic rings. The minimum Gasteiger partial charge on any atom is -0.385 e. The standard InChI is InChI=1S/C16H26N2O2S/c1-4-17-14-6-8-15(9-7-14)21(19,20)18-12-5-10-16(2,3)11-13-18/h6-9,17H,4-5,10-13H2,1-3H3. The third kappa shape index (κ3) is 3.98. The predicted molar refractivity (Wildman–Crippen MR) is 87.0 cm³/mol. The first-order chi connectivity index (χ1) is 9.85. The quantitative estimate of drug-likeness (QED) is 0.928. The minimum absolute atomic E-state index is 0.235. The van der Waals surface area contributed by atoms with E-state index in [4.69, 9.17) is 0 Å². The normalized spacial score (nSPS) is 20.0. The summed E-state index contributed by atoms with van der Waals surface area (Å²) in [6.45, 7) is 8.52. The molecule has 0 bridgehead atoms. The van der Waals surface area contributed by atoms with Crippen LogP contribution in [0, 0.1) is 5.41 Å². The van der Waals surface area contributed by atoms with E-state index < -0.39 is 10.0 Å². The highest BCUT2D eigenvalue weighted by molar-refractivity contribution is 7.89. The summed E-state index contributed by atoms with van der Waals surface area (Å²) in [5.74, 6) is 0. The van der Waals surface area contributed by atoms with Gasteiger partial charge in [0, 0.05) is 25.3 Å². The second kappa shape index (κ2) is 6.36. The van der Waals surface area contributed by atoms with Crippen molar-refractivity contribution in [3.8, 4) is 0 Å². The Morgan fingerprint density at radius 1 is 1.14 bits per heavy atom. The van der Waals surface area contributed by atoms with E-state index in [-0.39, 0.29) is 5.41 Å². The van der Waals surface area contributed by atoms with E-state index in [9.17, 15) is 8.42 Å². The zero-order chi connectivity index (χ0) is 15.5. The van der Waals surface area contributed by atoms with Crippen molar-refractivity contribution in [1.29, 1.82) is 0 Å². The minimum atomic E-state index is -3.36. The number of sulfonamides is 1. The van der Waals surface area contributed by atoms with Crippen LogP contribution in [0.25, 0.3) is 0 Å². The molecule has 0 aromatic heterocycles. The van der Waals surface area contributed by atoms with Crippen molar-refractivity contribution in [2.24, 2.45) is 5.41 Å². The van der Waals surface area contributed by atoms with Gasteiger partial charge in [-0.25, -0.2) is 8.42 Å². The first-order valence-electron chi connectivity index (χ1n) is 7.69. The third-order valence-electron chi connectivity index (χ3n) is 4.17. The lowest BCUT2D eigenvalue weighted by molar-refractivity contribution is 0.315. The number of hydrogen-bond donors (Lipinski definition) is 1. The van der Waals surface area contributed by atoms with Crippen LogP contribution in [0.4, 0.5) is 5.69 Å². The van der Waals surface area contributed by atoms with Gasteiger partial charge in [0.05, 0.1) is 4.90 Å². The maximum absolute atomic E-state index is 12.7. The molecule has 0 radical (unpaired) electrons. The maximum atomic E-state index is 12.7. The average Bonchev–Trinajstić information content (AvgIpc) is 2.61. The van der Waals surface area contributed by atoms with Gasteiger partial charge in [-0.2, -0.15) is 4.31 Å². The Morgan fingerprint density at radius 3 is 2.43 bits per heavy atom. The van der Waals surface area contributed by atoms with Gasteiger partial charge in [-0.05, 0) is 55.9 Å². The van der Waals surface area contributed by atoms with Crippen molar-refractivity contribution in [2.45, 2.75) is 44.9 Å². The van der Waals surface area contributed by atoms with Crippen LogP contribution in [0.5, 0.6) is 0 Å². The molecule has 1 aliphatic rings. The summed E-state index contributed by atoms with van der Waals surface area (Å²) < 4.78 is 27.1. The molecule has 1 heterocycles. The molecule has 1 saturated heterocycles. The highest BCUT2D eigenvalue weighted by atomic mass is 32.2. The van der Waals surface area contributed by atoms with Crippen LogP contribution in [-0.2, 0) is 10.0 Å². The fourth-order valence-corrected chi connectivity index (χ4v) is 4.22. The van der Waals surface area contributed by atoms with Crippen LogP contribution in [-0.4, -0.2) is 32.4 Å². The fraction of sp³-hybridized carbons (Fsp3) is 0.625. The lowest BCUT2D eigenvalue weighted by Gasteiger charge is -2.23. The number of benzene rings is 1. The Labute approximate surface area is 128 Å². The highest BCUT2D eigenvalue weighted by Gasteiger charge is 2.30. The molecule has 118 valence electrons. The van der Waals surface area contributed by atoms with Crippen LogP contribution >= 0.6 is 0 Å². The largest absolute Gasteiger partial charge is 0.385 e. The SMILES string of the molecule is CCNc1ccc(S(=O)(=O)N2CCCC(C)(C)CC2)cc1. The molecule has 5 heteroatoms. The Bertz CT molecular complexity index is 564. The van der Waals surface area contributed by atoms with Gasteiger partial charge in [0.1, 0.15) is 0 Å². The molecule has 0 atom stereocenters. The van der Waals surface area contributed by atoms with E-state index in [1.165, 1.54) is 0 Å². The molecule has 1 aliphatic heterocycles. The molecule has 0 aliphatic carbocycles. The topological polar surface area (TPSA) is 49.4 Å². The molecule has 0 unspecified atom stereocenters. The van der Waals surface area contributed by atoms with Crippen LogP contribution in [0.3, 0.4) is 0 Å². The highest BCUT2D eigenvalue weighted by Crippen LogP contribution is 2.31. The Morgan fingerprint density at radius 2 is 1.81 bits per heavy atom. The monoisotopic (exact) mass is 310 g/mol. The van der Waals surface area contributed by atoms with Gasteiger partial charge < -0.3 is 5.32 Å². The molecule has 1 fully saturated rings. The van der Waals surface area contributed by atoms with Crippen molar-refractivity contribution in [3.05, 3.63) is 24.3 Å². The smallest absolute Gasteiger partial charge is 0.243 e. The van der Waals surface area contributed by atoms with E-state index in [1.807, 2.05) is 19.1 Å². The molecule has 1 aromatic carbocycles. The van der Waals surface area contributed by atoms with E-state index in [1.54, 1.807) is 16.4 Å². The number of nitrogens with zero attached hydrogens (tertiary/aromatic N) is 1. The second-order valence-electron chi connectivity index (χ2n) is 6.48. The zero-order valence-electron chi connectivity index (χ0n) is 13.2. The molecule has 21 heavy (non-hydrogen) atoms. The Hall–Kier alpha value is -1.07. The summed E-state index contributed by atoms with van der Waals surface area (Å²) in [5, 5.41) is 3.18. The third-order valence-corrected chi connectivity index (χ3v) is 6.08. The molecule has 0 spiro atoms. The summed E-state index contributed by atoms with van der Waals surface area (Å²) in [7, 11) is -3.36. The first kappa shape index (κ1) is 16.3. The summed E-state index contributed by atoms with van der Waals surface area (Å²) in [4.78, 5) is 0.392. The van der Waals surface area contributed by atoms with Gasteiger partial charge in [-0.1, -0.05) is 13.8 Å². The number of nitrogens with one attached hydrogen (secondary N) is 1. The summed E-state index contributed by atoms with van der Waals surface area (Å²) in [6, 6.07) is 7.06. The van der Waals surface area contributed by atoms with Gasteiger partial charge in [-0.15, -0.1) is 0 Å². The molecule has 1 N–H and O–H groups in total. The van der Waals surface area contributed by atoms with Gasteiger partial charge in [0.2, 0.25) is 10.0 Å². The molecule has 4 nitrogen and oxygen atoms in total. The Kier molecular flexibility index (Phi) is 4.94. The van der Waals surface area contributed by atoms with Crippen molar-refractivity contribution in [3.63, 3.8) is 0 Å². The molecule has 0 amide bonds. The van der Waals surface area contributed by atoms with Gasteiger partial charge in [0.25, 0.3) is 0 Å². The van der Waals surface area contributed by atoms with Crippen LogP contribution in [0.1, 0.15) is 40.0 Å². The van der Waals surface area contributed by atoms with Gasteiger partial charge >= 0.3 is 0 Å². The van der Waals surface area contributed by atoms with Crippen LogP contribution < -0.4 is 5.32 Å². The molecular formula is C16H26N2O2S. The lowest BCUT2D eigenvalue weighted by atomic mass is 9.85. The van der Waals surface area contributed by atoms with E-state index in [0.29, 0.717) is 18.0 Å². The lowest BCUT2D eigenvalue weighted by Crippen LogP contribution is -2.32. The second-order valence-corrected chi connectivity index (χ2v) is 8.41. The predicted octanol–water partition coefficient (Wildman–Crippen LogP) is 3.32. The first-order valence-corrected chi connectivity index (χ1v) is 9.13. The van der Waals surface area contributed by atoms with Crippen molar-refractivity contribution in [2.75, 3.05) is 25.0 Å². The molecular weight excluding hydrogens is 284 g/mol. The van der Waals surface area contributed by atoms with Crippen molar-refractivity contribution >= 4 is 15.7 Å². The maximum Gasteiger partial charge on any atom is 0.243 e. The summed E-state index contributed by atoms with van der Waals surface area (Å²) in [5.41, 5.74) is 1.19. The van der Waals surface area contributed by atoms with Crippen molar-refractivity contribution < 1.29 is 8.42 Å². The number of hydrogen-bond acceptors (Lipinski definition) is 3. The van der Waals surface area contributed by atoms with Gasteiger partial charge in [-0.3, -0.25) is 0 Å². The molecule has 2 rings (SSSR count). The van der Waals surface area contributed by atoms with Gasteiger partial charge in [0.15, 0.2) is 0 Å². The average molecular weight is 310 g/mol. The summed E-state index contributed by atoms with van der Waals surface area (Å²) >= 11 is 0. The van der Waals surface area contributed by atoms with E-state index in [2.05, 4.69) is 19.2 Å². The Balaban J connectivity index is 2.17. The van der Waals surface area contributed by atoms with Crippen molar-refractivity contribution in [1.82, 2.24) is 4.31 Å². The fourth-order valence-electron chi connectivity index (χ4n) is 2.74. The van der Waals surface area contributed by atoms with E-state index in [0.717, 1.165) is 31.5 Å². The molecule has 0 saturated carbocycles. The zero-order valence-corrected chi connectivity index (χ0v) is 14.0. The number of anilines is 1. The van der Waals surface area contributed by atoms with Crippen LogP contribution in [0.2, 0.25) is 0 Å².